The van der Waals surface area contributed by atoms with Gasteiger partial charge in [0.15, 0.2) is 0 Å². The van der Waals surface area contributed by atoms with Gasteiger partial charge in [0.25, 0.3) is 5.71 Å². The Morgan fingerprint density at radius 1 is 1.38 bits per heavy atom. The largest absolute Gasteiger partial charge is 0.336 e. The van der Waals surface area contributed by atoms with Gasteiger partial charge in [-0.15, -0.1) is 0 Å². The van der Waals surface area contributed by atoms with E-state index in [9.17, 15) is 0 Å². The molecule has 0 atom stereocenters. The highest BCUT2D eigenvalue weighted by atomic mass is 16.5. The van der Waals surface area contributed by atoms with E-state index in [1.54, 1.807) is 0 Å². The third-order valence-corrected chi connectivity index (χ3v) is 2.54. The standard InChI is InChI=1S/C10H10N2O/c1-6-8-4-5-9(7-2-3-7)11-10(8)13-12-6/h4-5,7H,2-3H2,1H3. The molecule has 0 radical (unpaired) electrons. The SMILES string of the molecule is Cc1noc2nc(C3CC3)ccc12. The lowest BCUT2D eigenvalue weighted by Gasteiger charge is -1.94. The number of aryl methyl sites for hydroxylation is 1. The molecule has 66 valence electrons. The van der Waals surface area contributed by atoms with Gasteiger partial charge in [0.05, 0.1) is 11.1 Å². The van der Waals surface area contributed by atoms with Crippen molar-refractivity contribution in [2.45, 2.75) is 25.7 Å². The van der Waals surface area contributed by atoms with Crippen molar-refractivity contribution < 1.29 is 4.52 Å². The Morgan fingerprint density at radius 3 is 3.00 bits per heavy atom. The minimum atomic E-state index is 0.676. The van der Waals surface area contributed by atoms with Crippen LogP contribution in [0.4, 0.5) is 0 Å². The van der Waals surface area contributed by atoms with Crippen LogP contribution in [0.25, 0.3) is 11.1 Å². The molecule has 0 spiro atoms. The first-order valence-electron chi connectivity index (χ1n) is 4.57. The first-order valence-corrected chi connectivity index (χ1v) is 4.57. The lowest BCUT2D eigenvalue weighted by molar-refractivity contribution is 0.442. The summed E-state index contributed by atoms with van der Waals surface area (Å²) in [5, 5.41) is 4.91. The Balaban J connectivity index is 2.21. The van der Waals surface area contributed by atoms with E-state index in [2.05, 4.69) is 22.3 Å². The van der Waals surface area contributed by atoms with Gasteiger partial charge in [-0.1, -0.05) is 5.16 Å². The molecule has 0 amide bonds. The van der Waals surface area contributed by atoms with Crippen LogP contribution in [0.5, 0.6) is 0 Å². The Labute approximate surface area is 75.8 Å². The van der Waals surface area contributed by atoms with Crippen molar-refractivity contribution in [3.05, 3.63) is 23.5 Å². The maximum absolute atomic E-state index is 5.11. The number of pyridine rings is 1. The number of hydrogen-bond acceptors (Lipinski definition) is 3. The van der Waals surface area contributed by atoms with E-state index in [1.165, 1.54) is 12.8 Å². The molecule has 1 aliphatic carbocycles. The topological polar surface area (TPSA) is 38.9 Å². The third kappa shape index (κ3) is 1.03. The van der Waals surface area contributed by atoms with Crippen LogP contribution in [-0.2, 0) is 0 Å². The predicted molar refractivity (Wildman–Crippen MR) is 48.5 cm³/mol. The van der Waals surface area contributed by atoms with Crippen molar-refractivity contribution >= 4 is 11.1 Å². The molecular formula is C10H10N2O. The van der Waals surface area contributed by atoms with E-state index in [-0.39, 0.29) is 0 Å². The number of nitrogens with zero attached hydrogens (tertiary/aromatic N) is 2. The average molecular weight is 174 g/mol. The molecule has 0 aromatic carbocycles. The minimum Gasteiger partial charge on any atom is -0.336 e. The van der Waals surface area contributed by atoms with E-state index >= 15 is 0 Å². The molecule has 0 unspecified atom stereocenters. The zero-order valence-electron chi connectivity index (χ0n) is 7.45. The summed E-state index contributed by atoms with van der Waals surface area (Å²) in [5.74, 6) is 0.676. The van der Waals surface area contributed by atoms with Gasteiger partial charge in [0, 0.05) is 11.6 Å². The van der Waals surface area contributed by atoms with Crippen molar-refractivity contribution in [2.75, 3.05) is 0 Å². The summed E-state index contributed by atoms with van der Waals surface area (Å²) in [6, 6.07) is 4.14. The molecule has 0 aliphatic heterocycles. The Morgan fingerprint density at radius 2 is 2.23 bits per heavy atom. The van der Waals surface area contributed by atoms with Crippen molar-refractivity contribution in [1.29, 1.82) is 0 Å². The fourth-order valence-electron chi connectivity index (χ4n) is 1.57. The van der Waals surface area contributed by atoms with Crippen LogP contribution in [0.2, 0.25) is 0 Å². The van der Waals surface area contributed by atoms with Crippen LogP contribution in [0.15, 0.2) is 16.7 Å². The number of aromatic nitrogens is 2. The normalized spacial score (nSPS) is 16.7. The number of fused-ring (bicyclic) bond motifs is 1. The zero-order chi connectivity index (χ0) is 8.84. The number of rotatable bonds is 1. The first kappa shape index (κ1) is 7.06. The van der Waals surface area contributed by atoms with Gasteiger partial charge in [-0.05, 0) is 31.9 Å². The fourth-order valence-corrected chi connectivity index (χ4v) is 1.57. The second-order valence-corrected chi connectivity index (χ2v) is 3.63. The van der Waals surface area contributed by atoms with Crippen LogP contribution < -0.4 is 0 Å². The van der Waals surface area contributed by atoms with Crippen molar-refractivity contribution in [3.63, 3.8) is 0 Å². The Hall–Kier alpha value is -1.38. The smallest absolute Gasteiger partial charge is 0.258 e. The van der Waals surface area contributed by atoms with Crippen molar-refractivity contribution in [1.82, 2.24) is 10.1 Å². The molecular weight excluding hydrogens is 164 g/mol. The lowest BCUT2D eigenvalue weighted by Crippen LogP contribution is -1.84. The van der Waals surface area contributed by atoms with E-state index in [0.29, 0.717) is 11.6 Å². The second-order valence-electron chi connectivity index (χ2n) is 3.63. The maximum Gasteiger partial charge on any atom is 0.258 e. The molecule has 0 saturated heterocycles. The molecule has 3 heteroatoms. The van der Waals surface area contributed by atoms with E-state index in [0.717, 1.165) is 16.8 Å². The van der Waals surface area contributed by atoms with Gasteiger partial charge >= 0.3 is 0 Å². The first-order chi connectivity index (χ1) is 6.34. The summed E-state index contributed by atoms with van der Waals surface area (Å²) >= 11 is 0. The van der Waals surface area contributed by atoms with Crippen LogP contribution in [-0.4, -0.2) is 10.1 Å². The maximum atomic E-state index is 5.11. The highest BCUT2D eigenvalue weighted by Crippen LogP contribution is 2.39. The highest BCUT2D eigenvalue weighted by molar-refractivity contribution is 5.75. The molecule has 2 aromatic heterocycles. The highest BCUT2D eigenvalue weighted by Gasteiger charge is 2.25. The molecule has 1 aliphatic rings. The molecule has 2 aromatic rings. The van der Waals surface area contributed by atoms with Crippen molar-refractivity contribution in [3.8, 4) is 0 Å². The molecule has 1 fully saturated rings. The van der Waals surface area contributed by atoms with E-state index in [1.807, 2.05) is 6.92 Å². The number of hydrogen-bond donors (Lipinski definition) is 0. The summed E-state index contributed by atoms with van der Waals surface area (Å²) in [6.07, 6.45) is 2.54. The molecule has 0 bridgehead atoms. The molecule has 1 saturated carbocycles. The zero-order valence-corrected chi connectivity index (χ0v) is 7.45. The van der Waals surface area contributed by atoms with Gasteiger partial charge in [-0.3, -0.25) is 0 Å². The second kappa shape index (κ2) is 2.31. The summed E-state index contributed by atoms with van der Waals surface area (Å²) in [7, 11) is 0. The Bertz CT molecular complexity index is 457. The third-order valence-electron chi connectivity index (χ3n) is 2.54. The quantitative estimate of drug-likeness (QED) is 0.666. The molecule has 3 nitrogen and oxygen atoms in total. The summed E-state index contributed by atoms with van der Waals surface area (Å²) in [6.45, 7) is 1.93. The monoisotopic (exact) mass is 174 g/mol. The molecule has 0 N–H and O–H groups in total. The fraction of sp³-hybridized carbons (Fsp3) is 0.400. The Kier molecular flexibility index (Phi) is 1.26. The van der Waals surface area contributed by atoms with Crippen molar-refractivity contribution in [2.24, 2.45) is 0 Å². The van der Waals surface area contributed by atoms with E-state index < -0.39 is 0 Å². The molecule has 3 rings (SSSR count). The van der Waals surface area contributed by atoms with Gasteiger partial charge in [-0.25, -0.2) is 4.98 Å². The van der Waals surface area contributed by atoms with Crippen LogP contribution in [0.3, 0.4) is 0 Å². The minimum absolute atomic E-state index is 0.676. The van der Waals surface area contributed by atoms with Gasteiger partial charge in [0.1, 0.15) is 0 Å². The average Bonchev–Trinajstić information content (AvgIpc) is 2.93. The van der Waals surface area contributed by atoms with Gasteiger partial charge < -0.3 is 4.52 Å². The summed E-state index contributed by atoms with van der Waals surface area (Å²) < 4.78 is 5.11. The van der Waals surface area contributed by atoms with Gasteiger partial charge in [-0.2, -0.15) is 0 Å². The summed E-state index contributed by atoms with van der Waals surface area (Å²) in [4.78, 5) is 4.43. The van der Waals surface area contributed by atoms with Gasteiger partial charge in [0.2, 0.25) is 0 Å². The molecule has 2 heterocycles. The predicted octanol–water partition coefficient (Wildman–Crippen LogP) is 2.41. The molecule has 13 heavy (non-hydrogen) atoms. The van der Waals surface area contributed by atoms with E-state index in [4.69, 9.17) is 4.52 Å². The van der Waals surface area contributed by atoms with Crippen LogP contribution in [0, 0.1) is 6.92 Å². The van der Waals surface area contributed by atoms with Crippen LogP contribution >= 0.6 is 0 Å². The summed E-state index contributed by atoms with van der Waals surface area (Å²) in [5.41, 5.74) is 2.76. The van der Waals surface area contributed by atoms with Crippen LogP contribution in [0.1, 0.15) is 30.1 Å². The lowest BCUT2D eigenvalue weighted by atomic mass is 10.2.